The van der Waals surface area contributed by atoms with E-state index in [2.05, 4.69) is 26.6 Å². The second-order valence-corrected chi connectivity index (χ2v) is 5.52. The third-order valence-corrected chi connectivity index (χ3v) is 3.86. The lowest BCUT2D eigenvalue weighted by molar-refractivity contribution is -0.125. The van der Waals surface area contributed by atoms with Gasteiger partial charge in [-0.05, 0) is 46.5 Å². The number of hydrogen-bond acceptors (Lipinski definition) is 3. The van der Waals surface area contributed by atoms with Crippen LogP contribution in [0.25, 0.3) is 0 Å². The fraction of sp³-hybridized carbons (Fsp3) is 0.429. The van der Waals surface area contributed by atoms with Crippen molar-refractivity contribution in [1.82, 2.24) is 10.6 Å². The molecule has 1 aromatic rings. The Hall–Kier alpha value is -1.56. The second kappa shape index (κ2) is 6.74. The fourth-order valence-corrected chi connectivity index (χ4v) is 2.72. The van der Waals surface area contributed by atoms with Crippen molar-refractivity contribution >= 4 is 27.7 Å². The molecule has 2 rings (SSSR count). The summed E-state index contributed by atoms with van der Waals surface area (Å²) in [6, 6.07) is 5.46. The van der Waals surface area contributed by atoms with E-state index in [9.17, 15) is 9.59 Å². The van der Waals surface area contributed by atoms with Gasteiger partial charge >= 0.3 is 0 Å². The summed E-state index contributed by atoms with van der Waals surface area (Å²) in [5.74, 6) is 0.624. The van der Waals surface area contributed by atoms with Gasteiger partial charge in [-0.1, -0.05) is 6.07 Å². The number of hydrogen-bond donors (Lipinski definition) is 2. The first-order chi connectivity index (χ1) is 9.60. The third-order valence-electron chi connectivity index (χ3n) is 3.24. The molecule has 5 nitrogen and oxygen atoms in total. The summed E-state index contributed by atoms with van der Waals surface area (Å²) in [4.78, 5) is 22.8. The summed E-state index contributed by atoms with van der Waals surface area (Å²) in [5.41, 5.74) is 1.11. The lowest BCUT2D eigenvalue weighted by Gasteiger charge is -2.11. The van der Waals surface area contributed by atoms with Gasteiger partial charge in [-0.2, -0.15) is 0 Å². The maximum absolute atomic E-state index is 11.8. The van der Waals surface area contributed by atoms with Gasteiger partial charge in [0.05, 0.1) is 11.6 Å². The first kappa shape index (κ1) is 14.8. The highest BCUT2D eigenvalue weighted by Gasteiger charge is 2.26. The van der Waals surface area contributed by atoms with Gasteiger partial charge in [-0.15, -0.1) is 0 Å². The van der Waals surface area contributed by atoms with Gasteiger partial charge in [0, 0.05) is 13.0 Å². The highest BCUT2D eigenvalue weighted by atomic mass is 79.9. The van der Waals surface area contributed by atoms with Crippen molar-refractivity contribution in [1.29, 1.82) is 0 Å². The molecule has 20 heavy (non-hydrogen) atoms. The van der Waals surface area contributed by atoms with E-state index >= 15 is 0 Å². The van der Waals surface area contributed by atoms with Crippen LogP contribution in [0.5, 0.6) is 5.75 Å². The quantitative estimate of drug-likeness (QED) is 0.851. The molecule has 0 bridgehead atoms. The molecular formula is C14H17BrN2O3. The molecule has 1 saturated heterocycles. The van der Waals surface area contributed by atoms with Crippen molar-refractivity contribution in [2.45, 2.75) is 25.3 Å². The fourth-order valence-electron chi connectivity index (χ4n) is 2.13. The van der Waals surface area contributed by atoms with E-state index in [0.29, 0.717) is 19.4 Å². The van der Waals surface area contributed by atoms with Crippen LogP contribution in [0.3, 0.4) is 0 Å². The minimum atomic E-state index is -0.370. The Bertz CT molecular complexity index is 519. The van der Waals surface area contributed by atoms with Crippen LogP contribution in [0.2, 0.25) is 0 Å². The largest absolute Gasteiger partial charge is 0.496 e. The van der Waals surface area contributed by atoms with Gasteiger partial charge in [0.2, 0.25) is 11.8 Å². The van der Waals surface area contributed by atoms with Crippen LogP contribution in [0.4, 0.5) is 0 Å². The molecule has 0 aliphatic carbocycles. The molecule has 1 aliphatic heterocycles. The van der Waals surface area contributed by atoms with Crippen molar-refractivity contribution in [3.05, 3.63) is 28.2 Å². The molecule has 108 valence electrons. The van der Waals surface area contributed by atoms with Crippen LogP contribution >= 0.6 is 15.9 Å². The van der Waals surface area contributed by atoms with Crippen LogP contribution in [0.1, 0.15) is 18.4 Å². The molecule has 1 aliphatic rings. The summed E-state index contributed by atoms with van der Waals surface area (Å²) in [6.45, 7) is 0.546. The zero-order valence-corrected chi connectivity index (χ0v) is 12.8. The Kier molecular flexibility index (Phi) is 5.00. The topological polar surface area (TPSA) is 67.4 Å². The highest BCUT2D eigenvalue weighted by Crippen LogP contribution is 2.25. The SMILES string of the molecule is COc1ccc(CCNC(=O)C2CCC(=O)N2)cc1Br. The van der Waals surface area contributed by atoms with E-state index in [4.69, 9.17) is 4.74 Å². The minimum Gasteiger partial charge on any atom is -0.496 e. The molecule has 1 heterocycles. The van der Waals surface area contributed by atoms with Crippen molar-refractivity contribution in [3.63, 3.8) is 0 Å². The van der Waals surface area contributed by atoms with Gasteiger partial charge in [-0.3, -0.25) is 9.59 Å². The molecular weight excluding hydrogens is 324 g/mol. The number of carbonyl (C=O) groups is 2. The molecule has 0 saturated carbocycles. The minimum absolute atomic E-state index is 0.0516. The van der Waals surface area contributed by atoms with Gasteiger partial charge in [-0.25, -0.2) is 0 Å². The first-order valence-electron chi connectivity index (χ1n) is 6.49. The molecule has 1 unspecified atom stereocenters. The van der Waals surface area contributed by atoms with Crippen LogP contribution in [-0.2, 0) is 16.0 Å². The van der Waals surface area contributed by atoms with E-state index in [1.807, 2.05) is 18.2 Å². The number of benzene rings is 1. The molecule has 6 heteroatoms. The first-order valence-corrected chi connectivity index (χ1v) is 7.29. The van der Waals surface area contributed by atoms with Crippen LogP contribution in [0.15, 0.2) is 22.7 Å². The van der Waals surface area contributed by atoms with Crippen molar-refractivity contribution in [3.8, 4) is 5.75 Å². The molecule has 0 spiro atoms. The number of methoxy groups -OCH3 is 1. The summed E-state index contributed by atoms with van der Waals surface area (Å²) < 4.78 is 6.06. The predicted octanol–water partition coefficient (Wildman–Crippen LogP) is 1.40. The summed E-state index contributed by atoms with van der Waals surface area (Å²) in [6.07, 6.45) is 1.75. The van der Waals surface area contributed by atoms with Crippen LogP contribution < -0.4 is 15.4 Å². The third kappa shape index (κ3) is 3.72. The molecule has 2 N–H and O–H groups in total. The monoisotopic (exact) mass is 340 g/mol. The number of amides is 2. The molecule has 2 amide bonds. The zero-order valence-electron chi connectivity index (χ0n) is 11.2. The maximum atomic E-state index is 11.8. The Morgan fingerprint density at radius 1 is 1.55 bits per heavy atom. The zero-order chi connectivity index (χ0) is 14.5. The maximum Gasteiger partial charge on any atom is 0.242 e. The van der Waals surface area contributed by atoms with Crippen LogP contribution in [0, 0.1) is 0 Å². The Balaban J connectivity index is 1.79. The molecule has 0 aromatic heterocycles. The normalized spacial score (nSPS) is 17.7. The number of halogens is 1. The highest BCUT2D eigenvalue weighted by molar-refractivity contribution is 9.10. The average molecular weight is 341 g/mol. The Morgan fingerprint density at radius 3 is 2.95 bits per heavy atom. The number of nitrogens with one attached hydrogen (secondary N) is 2. The summed E-state index contributed by atoms with van der Waals surface area (Å²) in [5, 5.41) is 5.49. The van der Waals surface area contributed by atoms with Gasteiger partial charge < -0.3 is 15.4 Å². The lowest BCUT2D eigenvalue weighted by Crippen LogP contribution is -2.42. The number of carbonyl (C=O) groups excluding carboxylic acids is 2. The second-order valence-electron chi connectivity index (χ2n) is 4.67. The van der Waals surface area contributed by atoms with Crippen LogP contribution in [-0.4, -0.2) is 31.5 Å². The molecule has 1 fully saturated rings. The lowest BCUT2D eigenvalue weighted by atomic mass is 10.1. The van der Waals surface area contributed by atoms with Gasteiger partial charge in [0.25, 0.3) is 0 Å². The van der Waals surface area contributed by atoms with E-state index in [-0.39, 0.29) is 17.9 Å². The van der Waals surface area contributed by atoms with Crippen molar-refractivity contribution < 1.29 is 14.3 Å². The number of ether oxygens (including phenoxy) is 1. The summed E-state index contributed by atoms with van der Waals surface area (Å²) in [7, 11) is 1.62. The molecule has 0 radical (unpaired) electrons. The molecule has 1 atom stereocenters. The Morgan fingerprint density at radius 2 is 2.35 bits per heavy atom. The smallest absolute Gasteiger partial charge is 0.242 e. The van der Waals surface area contributed by atoms with E-state index in [1.54, 1.807) is 7.11 Å². The standard InChI is InChI=1S/C14H17BrN2O3/c1-20-12-4-2-9(8-10(12)15)6-7-16-14(19)11-3-5-13(18)17-11/h2,4,8,11H,3,5-7H2,1H3,(H,16,19)(H,17,18). The number of rotatable bonds is 5. The summed E-state index contributed by atoms with van der Waals surface area (Å²) >= 11 is 3.43. The van der Waals surface area contributed by atoms with Crippen molar-refractivity contribution in [2.24, 2.45) is 0 Å². The van der Waals surface area contributed by atoms with Gasteiger partial charge in [0.1, 0.15) is 11.8 Å². The van der Waals surface area contributed by atoms with E-state index in [1.165, 1.54) is 0 Å². The average Bonchev–Trinajstić information content (AvgIpc) is 2.85. The molecule has 1 aromatic carbocycles. The van der Waals surface area contributed by atoms with Gasteiger partial charge in [0.15, 0.2) is 0 Å². The Labute approximate surface area is 126 Å². The van der Waals surface area contributed by atoms with Crippen molar-refractivity contribution in [2.75, 3.05) is 13.7 Å². The predicted molar refractivity (Wildman–Crippen MR) is 78.6 cm³/mol. The van der Waals surface area contributed by atoms with E-state index < -0.39 is 0 Å². The van der Waals surface area contributed by atoms with E-state index in [0.717, 1.165) is 22.2 Å².